The summed E-state index contributed by atoms with van der Waals surface area (Å²) in [7, 11) is 0. The maximum absolute atomic E-state index is 14.6. The Morgan fingerprint density at radius 1 is 1.15 bits per heavy atom. The first-order valence-electron chi connectivity index (χ1n) is 9.55. The molecule has 2 aromatic heterocycles. The molecule has 1 atom stereocenters. The standard InChI is InChI=1S/C19H15F6N7O/c20-12-2-1-3-13(32-29-5-6-30-32)15(12)16(33)31-7-4-18(21,22)14(31)10-28-17-26-8-11(9-27-17)19(23,24)25/h1-3,5-6,8-9,14H,4,7,10H2,(H,26,27,28)/t14-/m1/s1. The molecule has 1 aromatic carbocycles. The molecule has 0 saturated carbocycles. The van der Waals surface area contributed by atoms with Crippen LogP contribution in [-0.4, -0.2) is 60.8 Å². The van der Waals surface area contributed by atoms with E-state index < -0.39 is 54.0 Å². The second-order valence-electron chi connectivity index (χ2n) is 7.15. The van der Waals surface area contributed by atoms with Crippen molar-refractivity contribution in [3.63, 3.8) is 0 Å². The largest absolute Gasteiger partial charge is 0.419 e. The Morgan fingerprint density at radius 3 is 2.45 bits per heavy atom. The van der Waals surface area contributed by atoms with E-state index in [0.717, 1.165) is 15.8 Å². The average Bonchev–Trinajstić information content (AvgIpc) is 3.39. The van der Waals surface area contributed by atoms with Crippen LogP contribution in [0, 0.1) is 5.82 Å². The number of benzene rings is 1. The van der Waals surface area contributed by atoms with Crippen molar-refractivity contribution in [2.45, 2.75) is 24.6 Å². The molecule has 1 amide bonds. The van der Waals surface area contributed by atoms with Gasteiger partial charge in [0.1, 0.15) is 23.1 Å². The normalized spacial score (nSPS) is 17.9. The van der Waals surface area contributed by atoms with Gasteiger partial charge in [-0.25, -0.2) is 23.1 Å². The van der Waals surface area contributed by atoms with Crippen molar-refractivity contribution in [2.75, 3.05) is 18.4 Å². The van der Waals surface area contributed by atoms with E-state index in [-0.39, 0.29) is 18.2 Å². The first kappa shape index (κ1) is 22.5. The summed E-state index contributed by atoms with van der Waals surface area (Å²) in [6.45, 7) is -0.944. The van der Waals surface area contributed by atoms with Crippen LogP contribution in [0.4, 0.5) is 32.3 Å². The molecule has 0 unspecified atom stereocenters. The molecule has 3 heterocycles. The number of nitrogens with zero attached hydrogens (tertiary/aromatic N) is 6. The lowest BCUT2D eigenvalue weighted by Gasteiger charge is -2.28. The molecule has 1 aliphatic rings. The zero-order chi connectivity index (χ0) is 23.8. The molecule has 4 rings (SSSR count). The number of hydrogen-bond donors (Lipinski definition) is 1. The molecule has 0 spiro atoms. The van der Waals surface area contributed by atoms with Gasteiger partial charge >= 0.3 is 6.18 Å². The number of alkyl halides is 5. The summed E-state index contributed by atoms with van der Waals surface area (Å²) in [6.07, 6.45) is -1.70. The van der Waals surface area contributed by atoms with Crippen molar-refractivity contribution in [3.8, 4) is 5.69 Å². The molecule has 0 aliphatic carbocycles. The van der Waals surface area contributed by atoms with E-state index in [1.165, 1.54) is 24.5 Å². The maximum Gasteiger partial charge on any atom is 0.419 e. The molecule has 3 aromatic rings. The molecule has 0 radical (unpaired) electrons. The molecule has 33 heavy (non-hydrogen) atoms. The fraction of sp³-hybridized carbons (Fsp3) is 0.316. The maximum atomic E-state index is 14.6. The highest BCUT2D eigenvalue weighted by atomic mass is 19.4. The van der Waals surface area contributed by atoms with Gasteiger partial charge in [0.2, 0.25) is 5.95 Å². The first-order valence-corrected chi connectivity index (χ1v) is 9.55. The van der Waals surface area contributed by atoms with Gasteiger partial charge in [-0.3, -0.25) is 4.79 Å². The number of nitrogens with one attached hydrogen (secondary N) is 1. The van der Waals surface area contributed by atoms with Gasteiger partial charge in [-0.2, -0.15) is 28.2 Å². The summed E-state index contributed by atoms with van der Waals surface area (Å²) in [5, 5.41) is 10.1. The SMILES string of the molecule is O=C(c1c(F)cccc1-n1nccn1)N1CCC(F)(F)[C@H]1CNc1ncc(C(F)(F)F)cn1. The number of carbonyl (C=O) groups is 1. The number of likely N-dealkylation sites (tertiary alicyclic amines) is 1. The fourth-order valence-corrected chi connectivity index (χ4v) is 3.45. The summed E-state index contributed by atoms with van der Waals surface area (Å²) in [4.78, 5) is 21.9. The molecule has 0 bridgehead atoms. The lowest BCUT2D eigenvalue weighted by Crippen LogP contribution is -2.47. The third kappa shape index (κ3) is 4.45. The minimum absolute atomic E-state index is 0.0296. The van der Waals surface area contributed by atoms with Crippen LogP contribution in [0.3, 0.4) is 0 Å². The molecule has 1 N–H and O–H groups in total. The van der Waals surface area contributed by atoms with Gasteiger partial charge in [0.05, 0.1) is 18.0 Å². The lowest BCUT2D eigenvalue weighted by molar-refractivity contribution is -0.138. The van der Waals surface area contributed by atoms with Crippen LogP contribution in [0.5, 0.6) is 0 Å². The average molecular weight is 471 g/mol. The fourth-order valence-electron chi connectivity index (χ4n) is 3.45. The minimum Gasteiger partial charge on any atom is -0.352 e. The van der Waals surface area contributed by atoms with Crippen LogP contribution in [0.25, 0.3) is 5.69 Å². The summed E-state index contributed by atoms with van der Waals surface area (Å²) in [5.74, 6) is -5.62. The second-order valence-corrected chi connectivity index (χ2v) is 7.15. The summed E-state index contributed by atoms with van der Waals surface area (Å²) < 4.78 is 81.7. The van der Waals surface area contributed by atoms with Gasteiger partial charge in [-0.1, -0.05) is 6.07 Å². The number of hydrogen-bond acceptors (Lipinski definition) is 6. The monoisotopic (exact) mass is 471 g/mol. The Labute approximate surface area is 182 Å². The minimum atomic E-state index is -4.65. The van der Waals surface area contributed by atoms with Gasteiger partial charge in [0.15, 0.2) is 0 Å². The predicted octanol–water partition coefficient (Wildman–Crippen LogP) is 3.18. The van der Waals surface area contributed by atoms with Gasteiger partial charge in [-0.05, 0) is 12.1 Å². The van der Waals surface area contributed by atoms with E-state index in [4.69, 9.17) is 0 Å². The Kier molecular flexibility index (Phi) is 5.68. The van der Waals surface area contributed by atoms with E-state index in [2.05, 4.69) is 25.5 Å². The molecular formula is C19H15F6N7O. The molecular weight excluding hydrogens is 456 g/mol. The van der Waals surface area contributed by atoms with E-state index >= 15 is 0 Å². The summed E-state index contributed by atoms with van der Waals surface area (Å²) in [6, 6.07) is 1.98. The van der Waals surface area contributed by atoms with Crippen LogP contribution >= 0.6 is 0 Å². The third-order valence-electron chi connectivity index (χ3n) is 5.08. The van der Waals surface area contributed by atoms with Crippen molar-refractivity contribution in [3.05, 3.63) is 59.9 Å². The Bertz CT molecular complexity index is 1130. The van der Waals surface area contributed by atoms with Crippen LogP contribution in [-0.2, 0) is 6.18 Å². The van der Waals surface area contributed by atoms with Gasteiger partial charge < -0.3 is 10.2 Å². The Balaban J connectivity index is 1.58. The van der Waals surface area contributed by atoms with Crippen molar-refractivity contribution >= 4 is 11.9 Å². The van der Waals surface area contributed by atoms with Crippen LogP contribution in [0.15, 0.2) is 43.0 Å². The van der Waals surface area contributed by atoms with Crippen molar-refractivity contribution in [1.29, 1.82) is 0 Å². The molecule has 1 aliphatic heterocycles. The molecule has 174 valence electrons. The number of carbonyl (C=O) groups excluding carboxylic acids is 1. The zero-order valence-corrected chi connectivity index (χ0v) is 16.6. The van der Waals surface area contributed by atoms with Crippen molar-refractivity contribution in [1.82, 2.24) is 29.9 Å². The number of anilines is 1. The van der Waals surface area contributed by atoms with Crippen LogP contribution in [0.1, 0.15) is 22.3 Å². The van der Waals surface area contributed by atoms with Gasteiger partial charge in [0, 0.05) is 31.9 Å². The number of amides is 1. The Hall–Kier alpha value is -3.71. The van der Waals surface area contributed by atoms with Gasteiger partial charge in [0.25, 0.3) is 11.8 Å². The quantitative estimate of drug-likeness (QED) is 0.576. The molecule has 8 nitrogen and oxygen atoms in total. The van der Waals surface area contributed by atoms with Crippen molar-refractivity contribution in [2.24, 2.45) is 0 Å². The number of halogens is 6. The highest BCUT2D eigenvalue weighted by molar-refractivity contribution is 5.98. The first-order chi connectivity index (χ1) is 15.6. The molecule has 1 saturated heterocycles. The third-order valence-corrected chi connectivity index (χ3v) is 5.08. The number of rotatable bonds is 5. The van der Waals surface area contributed by atoms with Gasteiger partial charge in [-0.15, -0.1) is 0 Å². The predicted molar refractivity (Wildman–Crippen MR) is 101 cm³/mol. The van der Waals surface area contributed by atoms with E-state index in [9.17, 15) is 31.1 Å². The zero-order valence-electron chi connectivity index (χ0n) is 16.6. The topological polar surface area (TPSA) is 88.8 Å². The Morgan fingerprint density at radius 2 is 1.82 bits per heavy atom. The second kappa shape index (κ2) is 8.33. The molecule has 14 heteroatoms. The highest BCUT2D eigenvalue weighted by Gasteiger charge is 2.51. The summed E-state index contributed by atoms with van der Waals surface area (Å²) in [5.41, 5.74) is -1.62. The van der Waals surface area contributed by atoms with E-state index in [0.29, 0.717) is 12.4 Å². The molecule has 1 fully saturated rings. The van der Waals surface area contributed by atoms with E-state index in [1.54, 1.807) is 0 Å². The highest BCUT2D eigenvalue weighted by Crippen LogP contribution is 2.36. The van der Waals surface area contributed by atoms with E-state index in [1.807, 2.05) is 0 Å². The van der Waals surface area contributed by atoms with Crippen molar-refractivity contribution < 1.29 is 31.1 Å². The summed E-state index contributed by atoms with van der Waals surface area (Å²) >= 11 is 0. The van der Waals surface area contributed by atoms with Crippen LogP contribution < -0.4 is 5.32 Å². The lowest BCUT2D eigenvalue weighted by atomic mass is 10.1. The van der Waals surface area contributed by atoms with Crippen LogP contribution in [0.2, 0.25) is 0 Å². The smallest absolute Gasteiger partial charge is 0.352 e. The number of aromatic nitrogens is 5.